The van der Waals surface area contributed by atoms with Crippen LogP contribution in [0.25, 0.3) is 0 Å². The second-order valence-corrected chi connectivity index (χ2v) is 7.83. The molecule has 0 saturated heterocycles. The first kappa shape index (κ1) is 18.7. The summed E-state index contributed by atoms with van der Waals surface area (Å²) in [4.78, 5) is 38.2. The molecule has 0 bridgehead atoms. The van der Waals surface area contributed by atoms with Gasteiger partial charge in [0.2, 0.25) is 5.91 Å². The largest absolute Gasteiger partial charge is 0.460 e. The first-order valence-electron chi connectivity index (χ1n) is 7.61. The Balaban J connectivity index is 2.07. The van der Waals surface area contributed by atoms with Gasteiger partial charge in [-0.05, 0) is 43.7 Å². The molecule has 1 atom stereocenters. The summed E-state index contributed by atoms with van der Waals surface area (Å²) in [5.41, 5.74) is 6.61. The zero-order valence-corrected chi connectivity index (χ0v) is 15.5. The molecular formula is C16H21ClN2O4S. The predicted octanol–water partition coefficient (Wildman–Crippen LogP) is 2.42. The average Bonchev–Trinajstić information content (AvgIpc) is 2.98. The number of carbonyl (C=O) groups is 3. The summed E-state index contributed by atoms with van der Waals surface area (Å²) in [6.45, 7) is 5.60. The lowest BCUT2D eigenvalue weighted by atomic mass is 10.1. The lowest BCUT2D eigenvalue weighted by Crippen LogP contribution is -2.45. The summed E-state index contributed by atoms with van der Waals surface area (Å²) < 4.78 is 5.23. The van der Waals surface area contributed by atoms with Gasteiger partial charge in [-0.15, -0.1) is 22.9 Å². The Morgan fingerprint density at radius 1 is 1.46 bits per heavy atom. The number of fused-ring (bicyclic) bond motifs is 1. The number of amides is 2. The minimum absolute atomic E-state index is 0.0185. The molecule has 0 fully saturated rings. The first-order valence-corrected chi connectivity index (χ1v) is 9.02. The zero-order chi connectivity index (χ0) is 18.1. The van der Waals surface area contributed by atoms with E-state index in [1.54, 1.807) is 20.8 Å². The molecular weight excluding hydrogens is 352 g/mol. The smallest absolute Gasteiger partial charge is 0.306 e. The molecule has 0 aliphatic carbocycles. The molecule has 1 aliphatic rings. The Morgan fingerprint density at radius 2 is 2.12 bits per heavy atom. The molecule has 1 aromatic rings. The monoisotopic (exact) mass is 372 g/mol. The lowest BCUT2D eigenvalue weighted by molar-refractivity contribution is -0.155. The molecule has 0 unspecified atom stereocenters. The summed E-state index contributed by atoms with van der Waals surface area (Å²) in [6.07, 6.45) is 0.159. The third kappa shape index (κ3) is 4.08. The van der Waals surface area contributed by atoms with Gasteiger partial charge in [0.1, 0.15) is 11.6 Å². The topological polar surface area (TPSA) is 89.7 Å². The normalized spacial score (nSPS) is 15.3. The van der Waals surface area contributed by atoms with Crippen LogP contribution in [0.5, 0.6) is 0 Å². The van der Waals surface area contributed by atoms with E-state index in [0.717, 1.165) is 11.1 Å². The fourth-order valence-electron chi connectivity index (χ4n) is 2.61. The van der Waals surface area contributed by atoms with Crippen LogP contribution in [0.4, 0.5) is 0 Å². The number of hydrogen-bond acceptors (Lipinski definition) is 5. The van der Waals surface area contributed by atoms with Gasteiger partial charge in [-0.2, -0.15) is 0 Å². The molecule has 24 heavy (non-hydrogen) atoms. The minimum Gasteiger partial charge on any atom is -0.460 e. The van der Waals surface area contributed by atoms with E-state index >= 15 is 0 Å². The van der Waals surface area contributed by atoms with Crippen LogP contribution in [0.15, 0.2) is 5.38 Å². The number of rotatable bonds is 6. The van der Waals surface area contributed by atoms with Crippen molar-refractivity contribution in [2.24, 2.45) is 5.73 Å². The van der Waals surface area contributed by atoms with Gasteiger partial charge in [0, 0.05) is 18.8 Å². The van der Waals surface area contributed by atoms with Crippen LogP contribution in [0.1, 0.15) is 54.4 Å². The standard InChI is InChI=1S/C16H21ClN2O4S/c1-16(2,3)23-12(20)5-4-11(14(18)21)19-7-10-9(6-17)8-24-13(10)15(19)22/h8,11H,4-7H2,1-3H3,(H2,18,21)/t11-/m0/s1. The minimum atomic E-state index is -0.840. The van der Waals surface area contributed by atoms with E-state index in [0.29, 0.717) is 17.3 Å². The second-order valence-electron chi connectivity index (χ2n) is 6.68. The van der Waals surface area contributed by atoms with Gasteiger partial charge in [-0.1, -0.05) is 0 Å². The summed E-state index contributed by atoms with van der Waals surface area (Å²) >= 11 is 7.19. The van der Waals surface area contributed by atoms with Crippen LogP contribution in [-0.4, -0.2) is 34.3 Å². The first-order chi connectivity index (χ1) is 11.1. The van der Waals surface area contributed by atoms with Crippen molar-refractivity contribution in [3.05, 3.63) is 21.4 Å². The van der Waals surface area contributed by atoms with Gasteiger partial charge in [0.25, 0.3) is 5.91 Å². The van der Waals surface area contributed by atoms with Crippen LogP contribution in [0.2, 0.25) is 0 Å². The molecule has 8 heteroatoms. The number of nitrogens with zero attached hydrogens (tertiary/aromatic N) is 1. The van der Waals surface area contributed by atoms with E-state index < -0.39 is 23.5 Å². The molecule has 2 N–H and O–H groups in total. The van der Waals surface area contributed by atoms with E-state index in [1.807, 2.05) is 5.38 Å². The fourth-order valence-corrected chi connectivity index (χ4v) is 3.98. The summed E-state index contributed by atoms with van der Waals surface area (Å²) in [6, 6.07) is -0.840. The molecule has 2 heterocycles. The summed E-state index contributed by atoms with van der Waals surface area (Å²) in [5.74, 6) is -0.975. The lowest BCUT2D eigenvalue weighted by Gasteiger charge is -2.26. The molecule has 0 spiro atoms. The number of ether oxygens (including phenoxy) is 1. The van der Waals surface area contributed by atoms with Crippen LogP contribution < -0.4 is 5.73 Å². The molecule has 1 aromatic heterocycles. The number of esters is 1. The maximum absolute atomic E-state index is 12.5. The Labute approximate surface area is 149 Å². The molecule has 0 saturated carbocycles. The highest BCUT2D eigenvalue weighted by atomic mass is 35.5. The van der Waals surface area contributed by atoms with E-state index in [4.69, 9.17) is 22.1 Å². The van der Waals surface area contributed by atoms with Crippen LogP contribution in [0, 0.1) is 0 Å². The highest BCUT2D eigenvalue weighted by Gasteiger charge is 2.38. The van der Waals surface area contributed by atoms with E-state index in [2.05, 4.69) is 0 Å². The number of hydrogen-bond donors (Lipinski definition) is 1. The van der Waals surface area contributed by atoms with Gasteiger partial charge in [0.05, 0.1) is 4.88 Å². The van der Waals surface area contributed by atoms with Gasteiger partial charge in [-0.3, -0.25) is 14.4 Å². The molecule has 2 amide bonds. The van der Waals surface area contributed by atoms with Crippen molar-refractivity contribution >= 4 is 40.7 Å². The van der Waals surface area contributed by atoms with Crippen molar-refractivity contribution in [1.29, 1.82) is 0 Å². The van der Waals surface area contributed by atoms with Crippen LogP contribution in [-0.2, 0) is 26.8 Å². The number of carbonyl (C=O) groups excluding carboxylic acids is 3. The van der Waals surface area contributed by atoms with Crippen molar-refractivity contribution in [3.8, 4) is 0 Å². The summed E-state index contributed by atoms with van der Waals surface area (Å²) in [5, 5.41) is 1.85. The van der Waals surface area contributed by atoms with Gasteiger partial charge < -0.3 is 15.4 Å². The highest BCUT2D eigenvalue weighted by Crippen LogP contribution is 2.34. The molecule has 6 nitrogen and oxygen atoms in total. The Hall–Kier alpha value is -1.60. The molecule has 0 aromatic carbocycles. The molecule has 0 radical (unpaired) electrons. The fraction of sp³-hybridized carbons (Fsp3) is 0.562. The second kappa shape index (κ2) is 7.11. The molecule has 2 rings (SSSR count). The van der Waals surface area contributed by atoms with Crippen molar-refractivity contribution < 1.29 is 19.1 Å². The Kier molecular flexibility index (Phi) is 5.55. The van der Waals surface area contributed by atoms with Crippen molar-refractivity contribution in [2.45, 2.75) is 57.7 Å². The molecule has 132 valence electrons. The number of halogens is 1. The van der Waals surface area contributed by atoms with Crippen LogP contribution >= 0.6 is 22.9 Å². The maximum atomic E-state index is 12.5. The number of primary amides is 1. The average molecular weight is 373 g/mol. The van der Waals surface area contributed by atoms with Gasteiger partial charge >= 0.3 is 5.97 Å². The third-order valence-corrected chi connectivity index (χ3v) is 5.00. The van der Waals surface area contributed by atoms with E-state index in [1.165, 1.54) is 16.2 Å². The summed E-state index contributed by atoms with van der Waals surface area (Å²) in [7, 11) is 0. The Morgan fingerprint density at radius 3 is 2.67 bits per heavy atom. The van der Waals surface area contributed by atoms with Crippen molar-refractivity contribution in [1.82, 2.24) is 4.90 Å². The zero-order valence-electron chi connectivity index (χ0n) is 13.9. The predicted molar refractivity (Wildman–Crippen MR) is 91.8 cm³/mol. The van der Waals surface area contributed by atoms with Crippen molar-refractivity contribution in [3.63, 3.8) is 0 Å². The molecule has 1 aliphatic heterocycles. The van der Waals surface area contributed by atoms with E-state index in [-0.39, 0.29) is 18.7 Å². The maximum Gasteiger partial charge on any atom is 0.306 e. The van der Waals surface area contributed by atoms with Crippen LogP contribution in [0.3, 0.4) is 0 Å². The van der Waals surface area contributed by atoms with Crippen molar-refractivity contribution in [2.75, 3.05) is 0 Å². The Bertz CT molecular complexity index is 666. The van der Waals surface area contributed by atoms with Gasteiger partial charge in [0.15, 0.2) is 0 Å². The highest BCUT2D eigenvalue weighted by molar-refractivity contribution is 7.12. The number of alkyl halides is 1. The third-order valence-electron chi connectivity index (χ3n) is 3.65. The number of thiophene rings is 1. The van der Waals surface area contributed by atoms with E-state index in [9.17, 15) is 14.4 Å². The SMILES string of the molecule is CC(C)(C)OC(=O)CC[C@@H](C(N)=O)N1Cc2c(CCl)csc2C1=O. The number of nitrogens with two attached hydrogens (primary N) is 1. The van der Waals surface area contributed by atoms with Gasteiger partial charge in [-0.25, -0.2) is 0 Å². The quantitative estimate of drug-likeness (QED) is 0.613.